The molecule has 2 heterocycles. The molecule has 1 aromatic carbocycles. The molecule has 1 aromatic heterocycles. The van der Waals surface area contributed by atoms with E-state index < -0.39 is 11.9 Å². The molecule has 18 heavy (non-hydrogen) atoms. The number of nitrogens with zero attached hydrogens (tertiary/aromatic N) is 1. The van der Waals surface area contributed by atoms with Crippen molar-refractivity contribution in [3.8, 4) is 22.8 Å². The van der Waals surface area contributed by atoms with Crippen LogP contribution in [0.5, 0.6) is 11.5 Å². The lowest BCUT2D eigenvalue weighted by Gasteiger charge is -2.00. The van der Waals surface area contributed by atoms with Gasteiger partial charge in [0.15, 0.2) is 11.5 Å². The Bertz CT molecular complexity index is 592. The van der Waals surface area contributed by atoms with Crippen LogP contribution in [0.15, 0.2) is 24.3 Å². The first-order chi connectivity index (χ1) is 8.54. The molecule has 7 heteroatoms. The van der Waals surface area contributed by atoms with Gasteiger partial charge in [-0.05, 0) is 24.3 Å². The molecule has 1 aliphatic heterocycles. The van der Waals surface area contributed by atoms with Crippen LogP contribution >= 0.6 is 0 Å². The van der Waals surface area contributed by atoms with E-state index in [0.717, 1.165) is 6.07 Å². The molecule has 0 radical (unpaired) electrons. The monoisotopic (exact) mass is 256 g/mol. The molecule has 4 nitrogen and oxygen atoms in total. The molecule has 0 saturated carbocycles. The van der Waals surface area contributed by atoms with E-state index in [1.165, 1.54) is 0 Å². The van der Waals surface area contributed by atoms with Crippen molar-refractivity contribution >= 4 is 0 Å². The van der Waals surface area contributed by atoms with E-state index in [1.807, 2.05) is 5.10 Å². The number of aromatic amines is 1. The summed E-state index contributed by atoms with van der Waals surface area (Å²) in [6.45, 7) is 0.118. The van der Waals surface area contributed by atoms with Gasteiger partial charge in [-0.2, -0.15) is 18.3 Å². The summed E-state index contributed by atoms with van der Waals surface area (Å²) in [4.78, 5) is 0. The number of alkyl halides is 3. The average molecular weight is 256 g/mol. The third-order valence-electron chi connectivity index (χ3n) is 2.55. The van der Waals surface area contributed by atoms with Crippen molar-refractivity contribution in [2.45, 2.75) is 6.18 Å². The van der Waals surface area contributed by atoms with Crippen LogP contribution < -0.4 is 9.47 Å². The van der Waals surface area contributed by atoms with Crippen LogP contribution in [0.3, 0.4) is 0 Å². The number of rotatable bonds is 1. The Labute approximate surface area is 99.3 Å². The van der Waals surface area contributed by atoms with E-state index in [1.54, 1.807) is 18.2 Å². The van der Waals surface area contributed by atoms with Crippen LogP contribution in [0.2, 0.25) is 0 Å². The Kier molecular flexibility index (Phi) is 2.22. The third kappa shape index (κ3) is 1.77. The van der Waals surface area contributed by atoms with Crippen molar-refractivity contribution in [3.05, 3.63) is 30.0 Å². The smallest absolute Gasteiger partial charge is 0.432 e. The maximum absolute atomic E-state index is 12.4. The number of H-pyrrole nitrogens is 1. The van der Waals surface area contributed by atoms with Gasteiger partial charge in [0.2, 0.25) is 6.79 Å². The molecule has 0 saturated heterocycles. The lowest BCUT2D eigenvalue weighted by Crippen LogP contribution is -2.04. The Morgan fingerprint density at radius 1 is 1.11 bits per heavy atom. The van der Waals surface area contributed by atoms with Crippen molar-refractivity contribution in [2.24, 2.45) is 0 Å². The summed E-state index contributed by atoms with van der Waals surface area (Å²) in [6.07, 6.45) is -4.43. The van der Waals surface area contributed by atoms with E-state index in [2.05, 4.69) is 5.10 Å². The normalized spacial score (nSPS) is 13.9. The van der Waals surface area contributed by atoms with Crippen LogP contribution in [0.4, 0.5) is 13.2 Å². The molecule has 94 valence electrons. The number of benzene rings is 1. The largest absolute Gasteiger partial charge is 0.454 e. The van der Waals surface area contributed by atoms with Gasteiger partial charge in [-0.25, -0.2) is 0 Å². The van der Waals surface area contributed by atoms with Crippen LogP contribution in [0.1, 0.15) is 5.69 Å². The summed E-state index contributed by atoms with van der Waals surface area (Å²) in [6, 6.07) is 5.82. The first-order valence-electron chi connectivity index (χ1n) is 5.07. The number of aromatic nitrogens is 2. The van der Waals surface area contributed by atoms with E-state index in [-0.39, 0.29) is 12.5 Å². The Morgan fingerprint density at radius 2 is 1.89 bits per heavy atom. The summed E-state index contributed by atoms with van der Waals surface area (Å²) < 4.78 is 47.5. The number of halogens is 3. The van der Waals surface area contributed by atoms with Crippen molar-refractivity contribution in [1.82, 2.24) is 10.2 Å². The molecule has 0 amide bonds. The number of fused-ring (bicyclic) bond motifs is 1. The second-order valence-corrected chi connectivity index (χ2v) is 3.73. The van der Waals surface area contributed by atoms with Crippen molar-refractivity contribution in [1.29, 1.82) is 0 Å². The van der Waals surface area contributed by atoms with Gasteiger partial charge >= 0.3 is 6.18 Å². The minimum atomic E-state index is -4.43. The maximum atomic E-state index is 12.4. The standard InChI is InChI=1S/C11H7F3N2O2/c12-11(13,14)10-4-7(15-16-10)6-1-2-8-9(3-6)18-5-17-8/h1-4H,5H2,(H,15,16). The molecule has 3 rings (SSSR count). The predicted octanol–water partition coefficient (Wildman–Crippen LogP) is 2.82. The van der Waals surface area contributed by atoms with Crippen LogP contribution in [0, 0.1) is 0 Å². The zero-order valence-electron chi connectivity index (χ0n) is 8.91. The average Bonchev–Trinajstić information content (AvgIpc) is 2.96. The first-order valence-corrected chi connectivity index (χ1v) is 5.07. The first kappa shape index (κ1) is 10.9. The zero-order valence-corrected chi connectivity index (χ0v) is 8.91. The maximum Gasteiger partial charge on any atom is 0.432 e. The van der Waals surface area contributed by atoms with Gasteiger partial charge in [-0.3, -0.25) is 5.10 Å². The molecule has 0 fully saturated rings. The van der Waals surface area contributed by atoms with Gasteiger partial charge in [0, 0.05) is 5.56 Å². The molecule has 0 bridgehead atoms. The Balaban J connectivity index is 1.98. The molecular formula is C11H7F3N2O2. The highest BCUT2D eigenvalue weighted by Gasteiger charge is 2.33. The second kappa shape index (κ2) is 3.66. The van der Waals surface area contributed by atoms with Crippen LogP contribution in [-0.4, -0.2) is 17.0 Å². The molecule has 2 aromatic rings. The minimum absolute atomic E-state index is 0.118. The topological polar surface area (TPSA) is 47.1 Å². The zero-order chi connectivity index (χ0) is 12.8. The molecule has 0 spiro atoms. The van der Waals surface area contributed by atoms with Gasteiger partial charge in [0.05, 0.1) is 5.69 Å². The van der Waals surface area contributed by atoms with E-state index in [9.17, 15) is 13.2 Å². The fraction of sp³-hybridized carbons (Fsp3) is 0.182. The van der Waals surface area contributed by atoms with Gasteiger partial charge in [0.1, 0.15) is 5.69 Å². The number of hydrogen-bond acceptors (Lipinski definition) is 3. The van der Waals surface area contributed by atoms with E-state index in [0.29, 0.717) is 17.1 Å². The molecule has 1 aliphatic rings. The number of nitrogens with one attached hydrogen (secondary N) is 1. The lowest BCUT2D eigenvalue weighted by molar-refractivity contribution is -0.141. The quantitative estimate of drug-likeness (QED) is 0.853. The minimum Gasteiger partial charge on any atom is -0.454 e. The predicted molar refractivity (Wildman–Crippen MR) is 55.1 cm³/mol. The SMILES string of the molecule is FC(F)(F)c1cc(-c2ccc3c(c2)OCO3)n[nH]1. The van der Waals surface area contributed by atoms with Crippen molar-refractivity contribution < 1.29 is 22.6 Å². The number of hydrogen-bond donors (Lipinski definition) is 1. The number of ether oxygens (including phenoxy) is 2. The van der Waals surface area contributed by atoms with E-state index in [4.69, 9.17) is 9.47 Å². The van der Waals surface area contributed by atoms with Gasteiger partial charge in [0.25, 0.3) is 0 Å². The highest BCUT2D eigenvalue weighted by Crippen LogP contribution is 2.36. The highest BCUT2D eigenvalue weighted by molar-refractivity contribution is 5.64. The highest BCUT2D eigenvalue weighted by atomic mass is 19.4. The molecule has 0 aliphatic carbocycles. The van der Waals surface area contributed by atoms with Gasteiger partial charge < -0.3 is 9.47 Å². The van der Waals surface area contributed by atoms with Gasteiger partial charge in [-0.1, -0.05) is 0 Å². The molecule has 0 atom stereocenters. The Morgan fingerprint density at radius 3 is 2.61 bits per heavy atom. The molecular weight excluding hydrogens is 249 g/mol. The fourth-order valence-electron chi connectivity index (χ4n) is 1.67. The van der Waals surface area contributed by atoms with Crippen molar-refractivity contribution in [3.63, 3.8) is 0 Å². The van der Waals surface area contributed by atoms with E-state index >= 15 is 0 Å². The Hall–Kier alpha value is -2.18. The summed E-state index contributed by atoms with van der Waals surface area (Å²) in [5.74, 6) is 1.08. The lowest BCUT2D eigenvalue weighted by atomic mass is 10.1. The fourth-order valence-corrected chi connectivity index (χ4v) is 1.67. The molecule has 0 unspecified atom stereocenters. The van der Waals surface area contributed by atoms with Crippen LogP contribution in [0.25, 0.3) is 11.3 Å². The molecule has 1 N–H and O–H groups in total. The van der Waals surface area contributed by atoms with Crippen LogP contribution in [-0.2, 0) is 6.18 Å². The third-order valence-corrected chi connectivity index (χ3v) is 2.55. The summed E-state index contributed by atoms with van der Waals surface area (Å²) >= 11 is 0. The summed E-state index contributed by atoms with van der Waals surface area (Å²) in [5, 5.41) is 5.60. The van der Waals surface area contributed by atoms with Gasteiger partial charge in [-0.15, -0.1) is 0 Å². The van der Waals surface area contributed by atoms with Crippen molar-refractivity contribution in [2.75, 3.05) is 6.79 Å². The summed E-state index contributed by atoms with van der Waals surface area (Å²) in [7, 11) is 0. The summed E-state index contributed by atoms with van der Waals surface area (Å²) in [5.41, 5.74) is -0.137. The second-order valence-electron chi connectivity index (χ2n) is 3.73.